The summed E-state index contributed by atoms with van der Waals surface area (Å²) < 4.78 is 0. The molecule has 0 spiro atoms. The Balaban J connectivity index is 1.25. The second-order valence-electron chi connectivity index (χ2n) is 7.93. The van der Waals surface area contributed by atoms with Crippen LogP contribution < -0.4 is 5.32 Å². The SMILES string of the molecule is c1ccc(-c2ccccc2Nc2ccc(-c3ccc4c(c3)Sc3ccccc3S4)cc2)cc1. The largest absolute Gasteiger partial charge is 0.355 e. The molecule has 5 aromatic carbocycles. The van der Waals surface area contributed by atoms with Crippen LogP contribution in [0.4, 0.5) is 11.4 Å². The van der Waals surface area contributed by atoms with Crippen LogP contribution >= 0.6 is 23.5 Å². The molecule has 1 N–H and O–H groups in total. The van der Waals surface area contributed by atoms with Crippen LogP contribution in [0.15, 0.2) is 141 Å². The molecule has 0 bridgehead atoms. The van der Waals surface area contributed by atoms with Gasteiger partial charge in [0.2, 0.25) is 0 Å². The summed E-state index contributed by atoms with van der Waals surface area (Å²) in [7, 11) is 0. The zero-order valence-electron chi connectivity index (χ0n) is 17.9. The lowest BCUT2D eigenvalue weighted by atomic mass is 10.0. The van der Waals surface area contributed by atoms with Crippen molar-refractivity contribution < 1.29 is 0 Å². The molecule has 1 nitrogen and oxygen atoms in total. The number of nitrogens with one attached hydrogen (secondary N) is 1. The molecule has 6 rings (SSSR count). The van der Waals surface area contributed by atoms with Crippen molar-refractivity contribution in [2.24, 2.45) is 0 Å². The van der Waals surface area contributed by atoms with Gasteiger partial charge in [0, 0.05) is 36.5 Å². The number of hydrogen-bond acceptors (Lipinski definition) is 3. The highest BCUT2D eigenvalue weighted by atomic mass is 32.2. The maximum atomic E-state index is 3.60. The van der Waals surface area contributed by atoms with Crippen molar-refractivity contribution in [3.8, 4) is 22.3 Å². The lowest BCUT2D eigenvalue weighted by molar-refractivity contribution is 1.16. The van der Waals surface area contributed by atoms with Crippen molar-refractivity contribution >= 4 is 34.9 Å². The average molecular weight is 460 g/mol. The highest BCUT2D eigenvalue weighted by Crippen LogP contribution is 2.49. The van der Waals surface area contributed by atoms with Gasteiger partial charge in [-0.1, -0.05) is 102 Å². The number of hydrogen-bond donors (Lipinski definition) is 1. The van der Waals surface area contributed by atoms with E-state index in [0.717, 1.165) is 11.4 Å². The van der Waals surface area contributed by atoms with Gasteiger partial charge < -0.3 is 5.32 Å². The first-order valence-corrected chi connectivity index (χ1v) is 12.6. The van der Waals surface area contributed by atoms with Gasteiger partial charge in [-0.2, -0.15) is 0 Å². The Morgan fingerprint density at radius 2 is 1.03 bits per heavy atom. The lowest BCUT2D eigenvalue weighted by Crippen LogP contribution is -1.93. The van der Waals surface area contributed by atoms with E-state index in [1.807, 2.05) is 23.5 Å². The van der Waals surface area contributed by atoms with Crippen LogP contribution in [-0.2, 0) is 0 Å². The maximum Gasteiger partial charge on any atom is 0.0463 e. The number of rotatable bonds is 4. The molecule has 0 amide bonds. The molecule has 0 fully saturated rings. The van der Waals surface area contributed by atoms with E-state index in [0.29, 0.717) is 0 Å². The van der Waals surface area contributed by atoms with Crippen LogP contribution in [0.25, 0.3) is 22.3 Å². The quantitative estimate of drug-likeness (QED) is 0.282. The highest BCUT2D eigenvalue weighted by Gasteiger charge is 2.17. The van der Waals surface area contributed by atoms with Crippen LogP contribution in [0.1, 0.15) is 0 Å². The number of benzene rings is 5. The first kappa shape index (κ1) is 20.2. The predicted octanol–water partition coefficient (Wildman–Crippen LogP) is 9.38. The molecule has 0 aliphatic carbocycles. The van der Waals surface area contributed by atoms with Gasteiger partial charge >= 0.3 is 0 Å². The molecule has 0 unspecified atom stereocenters. The standard InChI is InChI=1S/C30H21NS2/c1-2-8-22(9-3-1)25-10-4-5-11-26(25)31-24-17-14-21(15-18-24)23-16-19-29-30(20-23)33-28-13-7-6-12-27(28)32-29/h1-20,31H. The molecular weight excluding hydrogens is 438 g/mol. The third-order valence-corrected chi connectivity index (χ3v) is 8.29. The van der Waals surface area contributed by atoms with Crippen molar-refractivity contribution in [2.45, 2.75) is 19.6 Å². The van der Waals surface area contributed by atoms with Crippen molar-refractivity contribution in [2.75, 3.05) is 5.32 Å². The van der Waals surface area contributed by atoms with Gasteiger partial charge in [0.1, 0.15) is 0 Å². The van der Waals surface area contributed by atoms with Gasteiger partial charge in [-0.3, -0.25) is 0 Å². The topological polar surface area (TPSA) is 12.0 Å². The Labute approximate surface area is 202 Å². The van der Waals surface area contributed by atoms with Crippen LogP contribution in [0.5, 0.6) is 0 Å². The van der Waals surface area contributed by atoms with Crippen LogP contribution in [0.2, 0.25) is 0 Å². The summed E-state index contributed by atoms with van der Waals surface area (Å²) >= 11 is 3.72. The van der Waals surface area contributed by atoms with E-state index in [-0.39, 0.29) is 0 Å². The molecule has 0 radical (unpaired) electrons. The number of anilines is 2. The van der Waals surface area contributed by atoms with Gasteiger partial charge in [0.15, 0.2) is 0 Å². The molecule has 1 aliphatic heterocycles. The average Bonchev–Trinajstić information content (AvgIpc) is 2.88. The van der Waals surface area contributed by atoms with E-state index >= 15 is 0 Å². The van der Waals surface area contributed by atoms with Crippen molar-refractivity contribution in [3.63, 3.8) is 0 Å². The minimum absolute atomic E-state index is 1.08. The molecule has 5 aromatic rings. The fraction of sp³-hybridized carbons (Fsp3) is 0. The molecule has 1 aliphatic rings. The van der Waals surface area contributed by atoms with Crippen LogP contribution in [0.3, 0.4) is 0 Å². The third-order valence-electron chi connectivity index (χ3n) is 5.74. The summed E-state index contributed by atoms with van der Waals surface area (Å²) in [4.78, 5) is 5.34. The summed E-state index contributed by atoms with van der Waals surface area (Å²) in [6.07, 6.45) is 0. The van der Waals surface area contributed by atoms with Gasteiger partial charge in [0.25, 0.3) is 0 Å². The summed E-state index contributed by atoms with van der Waals surface area (Å²) in [6.45, 7) is 0. The van der Waals surface area contributed by atoms with E-state index in [9.17, 15) is 0 Å². The molecule has 1 heterocycles. The van der Waals surface area contributed by atoms with Crippen molar-refractivity contribution in [1.29, 1.82) is 0 Å². The molecule has 3 heteroatoms. The monoisotopic (exact) mass is 459 g/mol. The second kappa shape index (κ2) is 8.86. The Kier molecular flexibility index (Phi) is 5.43. The molecule has 0 saturated heterocycles. The number of para-hydroxylation sites is 1. The molecule has 0 saturated carbocycles. The molecule has 158 valence electrons. The zero-order valence-corrected chi connectivity index (χ0v) is 19.5. The van der Waals surface area contributed by atoms with E-state index in [4.69, 9.17) is 0 Å². The molecule has 33 heavy (non-hydrogen) atoms. The van der Waals surface area contributed by atoms with Gasteiger partial charge in [-0.25, -0.2) is 0 Å². The minimum Gasteiger partial charge on any atom is -0.355 e. The summed E-state index contributed by atoms with van der Waals surface area (Å²) in [5.41, 5.74) is 7.08. The van der Waals surface area contributed by atoms with Gasteiger partial charge in [0.05, 0.1) is 0 Å². The van der Waals surface area contributed by atoms with Crippen LogP contribution in [0, 0.1) is 0 Å². The Morgan fingerprint density at radius 1 is 0.424 bits per heavy atom. The fourth-order valence-electron chi connectivity index (χ4n) is 4.07. The zero-order chi connectivity index (χ0) is 22.0. The third kappa shape index (κ3) is 4.18. The maximum absolute atomic E-state index is 3.60. The van der Waals surface area contributed by atoms with Gasteiger partial charge in [-0.05, 0) is 59.2 Å². The molecule has 0 aromatic heterocycles. The van der Waals surface area contributed by atoms with Crippen molar-refractivity contribution in [1.82, 2.24) is 0 Å². The highest BCUT2D eigenvalue weighted by molar-refractivity contribution is 8.05. The second-order valence-corrected chi connectivity index (χ2v) is 10.1. The fourth-order valence-corrected chi connectivity index (χ4v) is 6.32. The Bertz CT molecular complexity index is 1430. The lowest BCUT2D eigenvalue weighted by Gasteiger charge is -2.19. The molecule has 0 atom stereocenters. The first-order valence-electron chi connectivity index (χ1n) is 10.9. The normalized spacial score (nSPS) is 12.0. The predicted molar refractivity (Wildman–Crippen MR) is 142 cm³/mol. The van der Waals surface area contributed by atoms with E-state index in [1.54, 1.807) is 0 Å². The summed E-state index contributed by atoms with van der Waals surface area (Å²) in [6, 6.07) is 43.1. The van der Waals surface area contributed by atoms with Crippen molar-refractivity contribution in [3.05, 3.63) is 121 Å². The smallest absolute Gasteiger partial charge is 0.0463 e. The van der Waals surface area contributed by atoms with Crippen LogP contribution in [-0.4, -0.2) is 0 Å². The number of fused-ring (bicyclic) bond motifs is 2. The summed E-state index contributed by atoms with van der Waals surface area (Å²) in [5.74, 6) is 0. The minimum atomic E-state index is 1.08. The molecular formula is C30H21NS2. The van der Waals surface area contributed by atoms with E-state index in [1.165, 1.54) is 41.8 Å². The van der Waals surface area contributed by atoms with E-state index < -0.39 is 0 Å². The summed E-state index contributed by atoms with van der Waals surface area (Å²) in [5, 5.41) is 3.60. The Morgan fingerprint density at radius 3 is 1.82 bits per heavy atom. The first-order chi connectivity index (χ1) is 16.3. The van der Waals surface area contributed by atoms with Gasteiger partial charge in [-0.15, -0.1) is 0 Å². The Hall–Kier alpha value is -3.40. The van der Waals surface area contributed by atoms with E-state index in [2.05, 4.69) is 127 Å².